The lowest BCUT2D eigenvalue weighted by Crippen LogP contribution is -2.55. The number of amides is 1. The highest BCUT2D eigenvalue weighted by Crippen LogP contribution is 2.47. The van der Waals surface area contributed by atoms with Gasteiger partial charge in [0.15, 0.2) is 0 Å². The van der Waals surface area contributed by atoms with Crippen molar-refractivity contribution in [1.82, 2.24) is 0 Å². The lowest BCUT2D eigenvalue weighted by molar-refractivity contribution is -0.231. The molecule has 6 rings (SSSR count). The van der Waals surface area contributed by atoms with Crippen molar-refractivity contribution in [2.75, 3.05) is 11.5 Å². The van der Waals surface area contributed by atoms with Crippen molar-refractivity contribution in [3.63, 3.8) is 0 Å². The Morgan fingerprint density at radius 2 is 1.44 bits per heavy atom. The van der Waals surface area contributed by atoms with Gasteiger partial charge < -0.3 is 30.1 Å². The topological polar surface area (TPSA) is 110 Å². The van der Waals surface area contributed by atoms with Crippen molar-refractivity contribution in [1.29, 1.82) is 0 Å². The van der Waals surface area contributed by atoms with Gasteiger partial charge in [0.1, 0.15) is 30.5 Å². The second-order valence-electron chi connectivity index (χ2n) is 12.4. The number of aliphatic hydroxyl groups is 4. The zero-order chi connectivity index (χ0) is 31.7. The van der Waals surface area contributed by atoms with Gasteiger partial charge in [-0.1, -0.05) is 97.9 Å². The maximum Gasteiger partial charge on any atom is 0.233 e. The summed E-state index contributed by atoms with van der Waals surface area (Å²) in [5.41, 5.74) is 7.06. The molecular formula is C38H41NO6. The van der Waals surface area contributed by atoms with Crippen LogP contribution >= 0.6 is 0 Å². The number of carbonyl (C=O) groups is 1. The summed E-state index contributed by atoms with van der Waals surface area (Å²) < 4.78 is 5.72. The highest BCUT2D eigenvalue weighted by molar-refractivity contribution is 6.03. The molecule has 0 saturated carbocycles. The molecule has 0 radical (unpaired) electrons. The average molecular weight is 608 g/mol. The third kappa shape index (κ3) is 6.07. The van der Waals surface area contributed by atoms with Crippen LogP contribution in [0.15, 0.2) is 103 Å². The molecule has 7 nitrogen and oxygen atoms in total. The van der Waals surface area contributed by atoms with Gasteiger partial charge in [0.25, 0.3) is 0 Å². The van der Waals surface area contributed by atoms with E-state index in [4.69, 9.17) is 4.74 Å². The number of carbonyl (C=O) groups excluding carboxylic acids is 1. The molecule has 0 spiro atoms. The molecule has 0 bridgehead atoms. The van der Waals surface area contributed by atoms with Gasteiger partial charge >= 0.3 is 0 Å². The number of β-lactam (4-membered cyclic amide) rings is 1. The summed E-state index contributed by atoms with van der Waals surface area (Å²) in [6.07, 6.45) is -4.23. The highest BCUT2D eigenvalue weighted by Gasteiger charge is 2.49. The Labute approximate surface area is 264 Å². The van der Waals surface area contributed by atoms with E-state index in [0.717, 1.165) is 40.8 Å². The summed E-state index contributed by atoms with van der Waals surface area (Å²) in [4.78, 5) is 15.6. The predicted molar refractivity (Wildman–Crippen MR) is 174 cm³/mol. The molecule has 1 amide bonds. The second-order valence-corrected chi connectivity index (χ2v) is 12.4. The van der Waals surface area contributed by atoms with Crippen LogP contribution in [0.5, 0.6) is 0 Å². The molecule has 4 N–H and O–H groups in total. The van der Waals surface area contributed by atoms with Gasteiger partial charge in [0.2, 0.25) is 5.91 Å². The van der Waals surface area contributed by atoms with Crippen LogP contribution in [-0.4, -0.2) is 57.4 Å². The maximum absolute atomic E-state index is 13.6. The van der Waals surface area contributed by atoms with Gasteiger partial charge in [0, 0.05) is 5.69 Å². The first-order chi connectivity index (χ1) is 21.8. The Bertz CT molecular complexity index is 1590. The van der Waals surface area contributed by atoms with Crippen molar-refractivity contribution in [2.24, 2.45) is 5.92 Å². The molecule has 7 heteroatoms. The molecule has 2 heterocycles. The van der Waals surface area contributed by atoms with Crippen LogP contribution in [0, 0.1) is 12.8 Å². The molecule has 0 aliphatic carbocycles. The number of nitrogens with zero attached hydrogens (tertiary/aromatic N) is 1. The number of rotatable bonds is 9. The fraction of sp³-hybridized carbons (Fsp3) is 0.342. The number of aliphatic hydroxyl groups excluding tert-OH is 4. The van der Waals surface area contributed by atoms with E-state index in [1.165, 1.54) is 5.56 Å². The first kappa shape index (κ1) is 31.1. The van der Waals surface area contributed by atoms with E-state index in [9.17, 15) is 25.2 Å². The molecule has 234 valence electrons. The minimum Gasteiger partial charge on any atom is -0.394 e. The van der Waals surface area contributed by atoms with Crippen LogP contribution in [0.1, 0.15) is 60.1 Å². The monoisotopic (exact) mass is 607 g/mol. The number of hydrogen-bond acceptors (Lipinski definition) is 6. The molecule has 8 atom stereocenters. The molecule has 8 unspecified atom stereocenters. The number of para-hydroxylation sites is 1. The van der Waals surface area contributed by atoms with Crippen molar-refractivity contribution in [3.8, 4) is 11.1 Å². The first-order valence-corrected chi connectivity index (χ1v) is 15.7. The van der Waals surface area contributed by atoms with E-state index in [-0.39, 0.29) is 17.9 Å². The summed E-state index contributed by atoms with van der Waals surface area (Å²) >= 11 is 0. The number of aryl methyl sites for hydroxylation is 1. The molecule has 45 heavy (non-hydrogen) atoms. The molecule has 2 saturated heterocycles. The van der Waals surface area contributed by atoms with E-state index < -0.39 is 37.1 Å². The largest absolute Gasteiger partial charge is 0.394 e. The van der Waals surface area contributed by atoms with Crippen LogP contribution in [0.25, 0.3) is 11.1 Å². The Hall–Kier alpha value is -3.85. The minimum absolute atomic E-state index is 0.0505. The number of anilines is 1. The van der Waals surface area contributed by atoms with Gasteiger partial charge in [-0.05, 0) is 71.2 Å². The van der Waals surface area contributed by atoms with Gasteiger partial charge in [0.05, 0.1) is 18.6 Å². The van der Waals surface area contributed by atoms with Crippen LogP contribution < -0.4 is 4.90 Å². The lowest BCUT2D eigenvalue weighted by Gasteiger charge is -2.48. The first-order valence-electron chi connectivity index (χ1n) is 15.7. The van der Waals surface area contributed by atoms with Crippen molar-refractivity contribution >= 4 is 11.6 Å². The minimum atomic E-state index is -1.42. The maximum atomic E-state index is 13.6. The lowest BCUT2D eigenvalue weighted by atomic mass is 9.76. The zero-order valence-corrected chi connectivity index (χ0v) is 25.6. The quantitative estimate of drug-likeness (QED) is 0.188. The van der Waals surface area contributed by atoms with Crippen molar-refractivity contribution in [3.05, 3.63) is 125 Å². The van der Waals surface area contributed by atoms with Crippen LogP contribution in [0.4, 0.5) is 5.69 Å². The Kier molecular flexibility index (Phi) is 9.17. The predicted octanol–water partition coefficient (Wildman–Crippen LogP) is 5.46. The van der Waals surface area contributed by atoms with Crippen LogP contribution in [0.2, 0.25) is 0 Å². The van der Waals surface area contributed by atoms with Crippen molar-refractivity contribution in [2.45, 2.75) is 69.2 Å². The van der Waals surface area contributed by atoms with Gasteiger partial charge in [-0.2, -0.15) is 0 Å². The van der Waals surface area contributed by atoms with Crippen LogP contribution in [0.3, 0.4) is 0 Å². The molecule has 2 aliphatic rings. The summed E-state index contributed by atoms with van der Waals surface area (Å²) in [5, 5.41) is 40.4. The van der Waals surface area contributed by atoms with E-state index in [0.29, 0.717) is 11.5 Å². The number of hydrogen-bond donors (Lipinski definition) is 4. The fourth-order valence-electron chi connectivity index (χ4n) is 6.87. The molecule has 0 aromatic heterocycles. The third-order valence-corrected chi connectivity index (χ3v) is 9.58. The van der Waals surface area contributed by atoms with Gasteiger partial charge in [-0.25, -0.2) is 0 Å². The van der Waals surface area contributed by atoms with E-state index >= 15 is 0 Å². The van der Waals surface area contributed by atoms with E-state index in [2.05, 4.69) is 56.3 Å². The molecule has 2 aliphatic heterocycles. The normalized spacial score (nSPS) is 27.2. The second kappa shape index (κ2) is 13.3. The average Bonchev–Trinajstić information content (AvgIpc) is 3.07. The molecule has 4 aromatic rings. The molecular weight excluding hydrogens is 566 g/mol. The number of ether oxygens (including phenoxy) is 1. The highest BCUT2D eigenvalue weighted by atomic mass is 16.5. The smallest absolute Gasteiger partial charge is 0.233 e. The SMILES string of the molecule is Cc1cc(-c2ccc(C3OC(CO)C(O)C(O)C3O)cc2)ccc1C1C(CCC(C)c2ccccc2)C(=O)N1c1ccccc1. The summed E-state index contributed by atoms with van der Waals surface area (Å²) in [6, 6.07) is 34.2. The number of benzene rings is 4. The fourth-order valence-corrected chi connectivity index (χ4v) is 6.87. The van der Waals surface area contributed by atoms with Gasteiger partial charge in [-0.3, -0.25) is 4.79 Å². The molecule has 2 fully saturated rings. The molecule has 4 aromatic carbocycles. The Balaban J connectivity index is 1.23. The Morgan fingerprint density at radius 1 is 0.800 bits per heavy atom. The summed E-state index contributed by atoms with van der Waals surface area (Å²) in [5.74, 6) is 0.428. The standard InChI is InChI=1S/C38H41NO6/c1-23(25-9-5-3-6-10-25)13-19-31-33(39(38(31)44)29-11-7-4-8-12-29)30-20-18-28(21-24(30)2)26-14-16-27(17-15-26)37-36(43)35(42)34(41)32(22-40)45-37/h3-12,14-18,20-21,23,31-37,40-43H,13,19,22H2,1-2H3. The van der Waals surface area contributed by atoms with Crippen LogP contribution in [-0.2, 0) is 9.53 Å². The zero-order valence-electron chi connectivity index (χ0n) is 25.6. The van der Waals surface area contributed by atoms with E-state index in [1.807, 2.05) is 65.6 Å². The van der Waals surface area contributed by atoms with Gasteiger partial charge in [-0.15, -0.1) is 0 Å². The van der Waals surface area contributed by atoms with Crippen molar-refractivity contribution < 1.29 is 30.0 Å². The van der Waals surface area contributed by atoms with E-state index in [1.54, 1.807) is 0 Å². The summed E-state index contributed by atoms with van der Waals surface area (Å²) in [6.45, 7) is 3.86. The Morgan fingerprint density at radius 3 is 2.09 bits per heavy atom. The summed E-state index contributed by atoms with van der Waals surface area (Å²) in [7, 11) is 0. The third-order valence-electron chi connectivity index (χ3n) is 9.58.